The number of carbonyl (C=O) groups is 1. The SMILES string of the molecule is COc1ccc(C(=O)N2CC(n3cc(Cn4nccn4)nn3)C2)cn1. The van der Waals surface area contributed by atoms with Gasteiger partial charge in [-0.2, -0.15) is 15.0 Å². The normalized spacial score (nSPS) is 14.4. The highest BCUT2D eigenvalue weighted by Crippen LogP contribution is 2.23. The van der Waals surface area contributed by atoms with Gasteiger partial charge in [-0.05, 0) is 6.07 Å². The fourth-order valence-corrected chi connectivity index (χ4v) is 2.63. The first-order chi connectivity index (χ1) is 12.2. The molecule has 3 aromatic heterocycles. The number of likely N-dealkylation sites (tertiary alicyclic amines) is 1. The van der Waals surface area contributed by atoms with Gasteiger partial charge in [0.25, 0.3) is 5.91 Å². The second-order valence-electron chi connectivity index (χ2n) is 5.70. The highest BCUT2D eigenvalue weighted by molar-refractivity contribution is 5.94. The molecule has 1 aliphatic rings. The molecule has 1 saturated heterocycles. The molecule has 10 nitrogen and oxygen atoms in total. The van der Waals surface area contributed by atoms with Crippen molar-refractivity contribution in [2.45, 2.75) is 12.6 Å². The third-order valence-electron chi connectivity index (χ3n) is 4.04. The maximum absolute atomic E-state index is 12.4. The predicted molar refractivity (Wildman–Crippen MR) is 84.9 cm³/mol. The highest BCUT2D eigenvalue weighted by Gasteiger charge is 2.33. The zero-order valence-corrected chi connectivity index (χ0v) is 13.6. The average Bonchev–Trinajstić information content (AvgIpc) is 3.26. The molecule has 4 heterocycles. The second-order valence-corrected chi connectivity index (χ2v) is 5.70. The van der Waals surface area contributed by atoms with E-state index in [1.165, 1.54) is 6.20 Å². The van der Waals surface area contributed by atoms with Crippen molar-refractivity contribution in [3.8, 4) is 5.88 Å². The molecule has 3 aromatic rings. The molecule has 1 amide bonds. The lowest BCUT2D eigenvalue weighted by molar-refractivity contribution is 0.0498. The molecule has 10 heteroatoms. The summed E-state index contributed by atoms with van der Waals surface area (Å²) in [5.41, 5.74) is 1.32. The van der Waals surface area contributed by atoms with Gasteiger partial charge in [-0.15, -0.1) is 5.10 Å². The molecule has 25 heavy (non-hydrogen) atoms. The van der Waals surface area contributed by atoms with Gasteiger partial charge in [0.1, 0.15) is 12.2 Å². The Morgan fingerprint density at radius 1 is 1.28 bits per heavy atom. The second kappa shape index (κ2) is 6.30. The number of nitrogens with zero attached hydrogens (tertiary/aromatic N) is 8. The number of methoxy groups -OCH3 is 1. The van der Waals surface area contributed by atoms with Crippen molar-refractivity contribution in [3.63, 3.8) is 0 Å². The number of aromatic nitrogens is 7. The largest absolute Gasteiger partial charge is 0.481 e. The van der Waals surface area contributed by atoms with E-state index in [4.69, 9.17) is 4.74 Å². The molecule has 0 spiro atoms. The molecule has 0 unspecified atom stereocenters. The van der Waals surface area contributed by atoms with Crippen LogP contribution >= 0.6 is 0 Å². The summed E-state index contributed by atoms with van der Waals surface area (Å²) in [6.07, 6.45) is 6.63. The minimum absolute atomic E-state index is 0.0486. The van der Waals surface area contributed by atoms with Gasteiger partial charge in [0.2, 0.25) is 5.88 Å². The topological polar surface area (TPSA) is 104 Å². The van der Waals surface area contributed by atoms with Gasteiger partial charge in [0.05, 0.1) is 37.3 Å². The van der Waals surface area contributed by atoms with E-state index in [-0.39, 0.29) is 11.9 Å². The van der Waals surface area contributed by atoms with Crippen molar-refractivity contribution < 1.29 is 9.53 Å². The Morgan fingerprint density at radius 2 is 2.08 bits per heavy atom. The van der Waals surface area contributed by atoms with Crippen molar-refractivity contribution in [1.82, 2.24) is 39.9 Å². The van der Waals surface area contributed by atoms with E-state index in [1.54, 1.807) is 46.0 Å². The van der Waals surface area contributed by atoms with Crippen LogP contribution in [0, 0.1) is 0 Å². The van der Waals surface area contributed by atoms with Crippen LogP contribution in [0.25, 0.3) is 0 Å². The lowest BCUT2D eigenvalue weighted by Crippen LogP contribution is -2.50. The smallest absolute Gasteiger partial charge is 0.255 e. The van der Waals surface area contributed by atoms with Crippen molar-refractivity contribution in [2.24, 2.45) is 0 Å². The number of hydrogen-bond acceptors (Lipinski definition) is 7. The third-order valence-corrected chi connectivity index (χ3v) is 4.04. The number of pyridine rings is 1. The fourth-order valence-electron chi connectivity index (χ4n) is 2.63. The Labute approximate surface area is 143 Å². The number of hydrogen-bond donors (Lipinski definition) is 0. The minimum Gasteiger partial charge on any atom is -0.481 e. The maximum atomic E-state index is 12.4. The molecule has 4 rings (SSSR count). The first-order valence-electron chi connectivity index (χ1n) is 7.77. The molecule has 0 bridgehead atoms. The molecule has 0 saturated carbocycles. The number of carbonyl (C=O) groups excluding carboxylic acids is 1. The van der Waals surface area contributed by atoms with E-state index >= 15 is 0 Å². The third kappa shape index (κ3) is 3.05. The zero-order valence-electron chi connectivity index (χ0n) is 13.6. The van der Waals surface area contributed by atoms with Crippen molar-refractivity contribution in [1.29, 1.82) is 0 Å². The van der Waals surface area contributed by atoms with Crippen LogP contribution in [0.15, 0.2) is 36.9 Å². The van der Waals surface area contributed by atoms with Crippen molar-refractivity contribution in [3.05, 3.63) is 48.2 Å². The molecular formula is C15H16N8O2. The Balaban J connectivity index is 1.35. The Kier molecular flexibility index (Phi) is 3.84. The van der Waals surface area contributed by atoms with Crippen LogP contribution in [0.2, 0.25) is 0 Å². The van der Waals surface area contributed by atoms with Crippen LogP contribution in [0.3, 0.4) is 0 Å². The molecule has 1 fully saturated rings. The fraction of sp³-hybridized carbons (Fsp3) is 0.333. The summed E-state index contributed by atoms with van der Waals surface area (Å²) in [5.74, 6) is 0.437. The van der Waals surface area contributed by atoms with Gasteiger partial charge in [-0.3, -0.25) is 4.79 Å². The summed E-state index contributed by atoms with van der Waals surface area (Å²) >= 11 is 0. The van der Waals surface area contributed by atoms with E-state index in [2.05, 4.69) is 25.5 Å². The molecular weight excluding hydrogens is 324 g/mol. The molecule has 128 valence electrons. The van der Waals surface area contributed by atoms with Crippen LogP contribution < -0.4 is 4.74 Å². The first-order valence-corrected chi connectivity index (χ1v) is 7.77. The van der Waals surface area contributed by atoms with E-state index in [9.17, 15) is 4.79 Å². The van der Waals surface area contributed by atoms with Crippen molar-refractivity contribution >= 4 is 5.91 Å². The molecule has 1 aliphatic heterocycles. The van der Waals surface area contributed by atoms with Crippen LogP contribution in [-0.4, -0.2) is 66.0 Å². The van der Waals surface area contributed by atoms with E-state index in [0.29, 0.717) is 31.1 Å². The monoisotopic (exact) mass is 340 g/mol. The summed E-state index contributed by atoms with van der Waals surface area (Å²) in [7, 11) is 1.54. The van der Waals surface area contributed by atoms with E-state index in [1.807, 2.05) is 6.20 Å². The Hall–Kier alpha value is -3.30. The summed E-state index contributed by atoms with van der Waals surface area (Å²) in [4.78, 5) is 19.8. The van der Waals surface area contributed by atoms with E-state index in [0.717, 1.165) is 5.69 Å². The number of amides is 1. The minimum atomic E-state index is -0.0486. The van der Waals surface area contributed by atoms with Crippen LogP contribution in [-0.2, 0) is 6.54 Å². The lowest BCUT2D eigenvalue weighted by atomic mass is 10.1. The maximum Gasteiger partial charge on any atom is 0.255 e. The molecule has 0 radical (unpaired) electrons. The molecule has 0 aliphatic carbocycles. The van der Waals surface area contributed by atoms with Crippen LogP contribution in [0.5, 0.6) is 5.88 Å². The Morgan fingerprint density at radius 3 is 2.76 bits per heavy atom. The summed E-state index contributed by atoms with van der Waals surface area (Å²) < 4.78 is 6.79. The van der Waals surface area contributed by atoms with Crippen LogP contribution in [0.4, 0.5) is 0 Å². The highest BCUT2D eigenvalue weighted by atomic mass is 16.5. The van der Waals surface area contributed by atoms with E-state index < -0.39 is 0 Å². The van der Waals surface area contributed by atoms with Crippen LogP contribution in [0.1, 0.15) is 22.1 Å². The molecule has 0 atom stereocenters. The van der Waals surface area contributed by atoms with Gasteiger partial charge >= 0.3 is 0 Å². The zero-order chi connectivity index (χ0) is 17.2. The molecule has 0 aromatic carbocycles. The lowest BCUT2D eigenvalue weighted by Gasteiger charge is -2.38. The van der Waals surface area contributed by atoms with Crippen molar-refractivity contribution in [2.75, 3.05) is 20.2 Å². The number of rotatable bonds is 5. The summed E-state index contributed by atoms with van der Waals surface area (Å²) in [5, 5.41) is 16.3. The molecule has 0 N–H and O–H groups in total. The van der Waals surface area contributed by atoms with Gasteiger partial charge < -0.3 is 9.64 Å². The Bertz CT molecular complexity index is 852. The van der Waals surface area contributed by atoms with Gasteiger partial charge in [0, 0.05) is 25.4 Å². The average molecular weight is 340 g/mol. The summed E-state index contributed by atoms with van der Waals surface area (Å²) in [6, 6.07) is 3.52. The van der Waals surface area contributed by atoms with Gasteiger partial charge in [0.15, 0.2) is 0 Å². The standard InChI is InChI=1S/C15H16N8O2/c1-25-14-3-2-11(6-16-14)15(24)21-9-13(10-21)22-7-12(19-20-22)8-23-17-4-5-18-23/h2-7,13H,8-10H2,1H3. The van der Waals surface area contributed by atoms with Gasteiger partial charge in [-0.25, -0.2) is 9.67 Å². The predicted octanol–water partition coefficient (Wildman–Crippen LogP) is 0.0186. The number of ether oxygens (including phenoxy) is 1. The summed E-state index contributed by atoms with van der Waals surface area (Å²) in [6.45, 7) is 1.65. The first kappa shape index (κ1) is 15.2. The quantitative estimate of drug-likeness (QED) is 0.645. The van der Waals surface area contributed by atoms with Gasteiger partial charge in [-0.1, -0.05) is 5.21 Å².